The highest BCUT2D eigenvalue weighted by Crippen LogP contribution is 2.04. The molecule has 1 aromatic carbocycles. The first-order valence-electron chi connectivity index (χ1n) is 5.53. The van der Waals surface area contributed by atoms with Crippen LogP contribution < -0.4 is 11.1 Å². The summed E-state index contributed by atoms with van der Waals surface area (Å²) in [5.74, 6) is -0.0631. The van der Waals surface area contributed by atoms with Gasteiger partial charge in [0.1, 0.15) is 0 Å². The molecule has 1 aromatic rings. The molecule has 88 valence electrons. The molecular weight excluding hydrogens is 202 g/mol. The zero-order chi connectivity index (χ0) is 12.0. The molecule has 3 N–H and O–H groups in total. The fraction of sp³-hybridized carbons (Fsp3) is 0.417. The van der Waals surface area contributed by atoms with Crippen LogP contribution >= 0.6 is 0 Å². The zero-order valence-corrected chi connectivity index (χ0v) is 9.86. The van der Waals surface area contributed by atoms with Crippen LogP contribution in [0.1, 0.15) is 24.2 Å². The molecule has 0 fully saturated rings. The average Bonchev–Trinajstić information content (AvgIpc) is 2.31. The molecule has 0 spiro atoms. The Balaban J connectivity index is 2.49. The highest BCUT2D eigenvalue weighted by atomic mass is 16.1. The van der Waals surface area contributed by atoms with Gasteiger partial charge in [-0.2, -0.15) is 0 Å². The fourth-order valence-corrected chi connectivity index (χ4v) is 1.37. The first-order chi connectivity index (χ1) is 7.67. The summed E-state index contributed by atoms with van der Waals surface area (Å²) in [6.45, 7) is 6.57. The van der Waals surface area contributed by atoms with Crippen molar-refractivity contribution in [3.05, 3.63) is 29.8 Å². The van der Waals surface area contributed by atoms with Gasteiger partial charge in [-0.15, -0.1) is 0 Å². The summed E-state index contributed by atoms with van der Waals surface area (Å²) >= 11 is 0. The van der Waals surface area contributed by atoms with E-state index >= 15 is 0 Å². The lowest BCUT2D eigenvalue weighted by molar-refractivity contribution is 0.0926. The van der Waals surface area contributed by atoms with Crippen molar-refractivity contribution in [2.75, 3.05) is 25.5 Å². The number of nitrogen functional groups attached to an aromatic ring is 1. The minimum Gasteiger partial charge on any atom is -0.399 e. The Morgan fingerprint density at radius 1 is 1.25 bits per heavy atom. The molecule has 0 heterocycles. The number of anilines is 1. The van der Waals surface area contributed by atoms with Gasteiger partial charge in [0.15, 0.2) is 0 Å². The SMILES string of the molecule is CCN(CC)CNC(=O)c1ccc(N)cc1. The van der Waals surface area contributed by atoms with Crippen molar-refractivity contribution in [3.8, 4) is 0 Å². The third-order valence-electron chi connectivity index (χ3n) is 2.53. The maximum absolute atomic E-state index is 11.7. The first kappa shape index (κ1) is 12.5. The number of nitrogens with two attached hydrogens (primary N) is 1. The van der Waals surface area contributed by atoms with E-state index in [0.717, 1.165) is 13.1 Å². The largest absolute Gasteiger partial charge is 0.399 e. The first-order valence-corrected chi connectivity index (χ1v) is 5.53. The quantitative estimate of drug-likeness (QED) is 0.582. The number of carbonyl (C=O) groups excluding carboxylic acids is 1. The molecule has 0 bridgehead atoms. The summed E-state index contributed by atoms with van der Waals surface area (Å²) < 4.78 is 0. The maximum Gasteiger partial charge on any atom is 0.252 e. The van der Waals surface area contributed by atoms with Crippen LogP contribution in [0.4, 0.5) is 5.69 Å². The maximum atomic E-state index is 11.7. The number of hydrogen-bond acceptors (Lipinski definition) is 3. The molecule has 0 aromatic heterocycles. The lowest BCUT2D eigenvalue weighted by Crippen LogP contribution is -2.37. The molecule has 0 atom stereocenters. The van der Waals surface area contributed by atoms with E-state index in [4.69, 9.17) is 5.73 Å². The Morgan fingerprint density at radius 3 is 2.31 bits per heavy atom. The zero-order valence-electron chi connectivity index (χ0n) is 9.86. The van der Waals surface area contributed by atoms with Crippen LogP contribution in [0.5, 0.6) is 0 Å². The summed E-state index contributed by atoms with van der Waals surface area (Å²) in [5.41, 5.74) is 6.86. The third kappa shape index (κ3) is 3.55. The molecule has 1 amide bonds. The van der Waals surface area contributed by atoms with E-state index in [1.165, 1.54) is 0 Å². The van der Waals surface area contributed by atoms with E-state index < -0.39 is 0 Å². The van der Waals surface area contributed by atoms with Gasteiger partial charge in [0, 0.05) is 11.3 Å². The Morgan fingerprint density at radius 2 is 1.81 bits per heavy atom. The summed E-state index contributed by atoms with van der Waals surface area (Å²) in [6.07, 6.45) is 0. The van der Waals surface area contributed by atoms with E-state index in [-0.39, 0.29) is 5.91 Å². The normalized spacial score (nSPS) is 10.4. The molecule has 1 rings (SSSR count). The topological polar surface area (TPSA) is 58.4 Å². The summed E-state index contributed by atoms with van der Waals surface area (Å²) in [6, 6.07) is 6.92. The fourth-order valence-electron chi connectivity index (χ4n) is 1.37. The van der Waals surface area contributed by atoms with E-state index in [2.05, 4.69) is 24.1 Å². The molecular formula is C12H19N3O. The van der Waals surface area contributed by atoms with E-state index in [9.17, 15) is 4.79 Å². The Kier molecular flexibility index (Phi) is 4.79. The second-order valence-electron chi connectivity index (χ2n) is 3.59. The van der Waals surface area contributed by atoms with E-state index in [1.807, 2.05) is 0 Å². The number of benzene rings is 1. The number of nitrogens with zero attached hydrogens (tertiary/aromatic N) is 1. The van der Waals surface area contributed by atoms with Gasteiger partial charge in [-0.05, 0) is 37.4 Å². The second-order valence-corrected chi connectivity index (χ2v) is 3.59. The van der Waals surface area contributed by atoms with Gasteiger partial charge in [-0.25, -0.2) is 0 Å². The molecule has 16 heavy (non-hydrogen) atoms. The van der Waals surface area contributed by atoms with Gasteiger partial charge in [-0.3, -0.25) is 9.69 Å². The average molecular weight is 221 g/mol. The Hall–Kier alpha value is -1.55. The summed E-state index contributed by atoms with van der Waals surface area (Å²) in [7, 11) is 0. The van der Waals surface area contributed by atoms with Crippen molar-refractivity contribution in [3.63, 3.8) is 0 Å². The number of carbonyl (C=O) groups is 1. The number of rotatable bonds is 5. The Bertz CT molecular complexity index is 331. The number of hydrogen-bond donors (Lipinski definition) is 2. The second kappa shape index (κ2) is 6.12. The van der Waals surface area contributed by atoms with Crippen molar-refractivity contribution >= 4 is 11.6 Å². The van der Waals surface area contributed by atoms with Crippen molar-refractivity contribution in [1.82, 2.24) is 10.2 Å². The van der Waals surface area contributed by atoms with E-state index in [1.54, 1.807) is 24.3 Å². The van der Waals surface area contributed by atoms with Crippen LogP contribution in [-0.2, 0) is 0 Å². The van der Waals surface area contributed by atoms with Crippen LogP contribution in [0.2, 0.25) is 0 Å². The molecule has 0 unspecified atom stereocenters. The number of nitrogens with one attached hydrogen (secondary N) is 1. The minimum absolute atomic E-state index is 0.0631. The minimum atomic E-state index is -0.0631. The third-order valence-corrected chi connectivity index (χ3v) is 2.53. The molecule has 4 nitrogen and oxygen atoms in total. The van der Waals surface area contributed by atoms with Crippen LogP contribution in [0.25, 0.3) is 0 Å². The van der Waals surface area contributed by atoms with Gasteiger partial charge >= 0.3 is 0 Å². The monoisotopic (exact) mass is 221 g/mol. The van der Waals surface area contributed by atoms with Crippen molar-refractivity contribution in [2.24, 2.45) is 0 Å². The molecule has 4 heteroatoms. The molecule has 0 radical (unpaired) electrons. The smallest absolute Gasteiger partial charge is 0.252 e. The van der Waals surface area contributed by atoms with Crippen LogP contribution in [-0.4, -0.2) is 30.6 Å². The van der Waals surface area contributed by atoms with Crippen molar-refractivity contribution in [1.29, 1.82) is 0 Å². The molecule has 0 aliphatic carbocycles. The predicted octanol–water partition coefficient (Wildman–Crippen LogP) is 1.30. The molecule has 0 saturated carbocycles. The lowest BCUT2D eigenvalue weighted by Gasteiger charge is -2.18. The van der Waals surface area contributed by atoms with E-state index in [0.29, 0.717) is 17.9 Å². The highest BCUT2D eigenvalue weighted by Gasteiger charge is 2.05. The lowest BCUT2D eigenvalue weighted by atomic mass is 10.2. The van der Waals surface area contributed by atoms with Gasteiger partial charge < -0.3 is 11.1 Å². The van der Waals surface area contributed by atoms with Crippen LogP contribution in [0.15, 0.2) is 24.3 Å². The predicted molar refractivity (Wildman–Crippen MR) is 66.1 cm³/mol. The standard InChI is InChI=1S/C12H19N3O/c1-3-15(4-2)9-14-12(16)10-5-7-11(13)8-6-10/h5-8H,3-4,9,13H2,1-2H3,(H,14,16). The van der Waals surface area contributed by atoms with Gasteiger partial charge in [0.05, 0.1) is 6.67 Å². The Labute approximate surface area is 96.4 Å². The van der Waals surface area contributed by atoms with Crippen molar-refractivity contribution in [2.45, 2.75) is 13.8 Å². The summed E-state index contributed by atoms with van der Waals surface area (Å²) in [5, 5.41) is 2.87. The highest BCUT2D eigenvalue weighted by molar-refractivity contribution is 5.94. The molecule has 0 aliphatic rings. The molecule has 0 aliphatic heterocycles. The van der Waals surface area contributed by atoms with Crippen LogP contribution in [0.3, 0.4) is 0 Å². The molecule has 0 saturated heterocycles. The summed E-state index contributed by atoms with van der Waals surface area (Å²) in [4.78, 5) is 13.8. The van der Waals surface area contributed by atoms with Gasteiger partial charge in [0.2, 0.25) is 0 Å². The van der Waals surface area contributed by atoms with Gasteiger partial charge in [0.25, 0.3) is 5.91 Å². The van der Waals surface area contributed by atoms with Crippen LogP contribution in [0, 0.1) is 0 Å². The van der Waals surface area contributed by atoms with Crippen molar-refractivity contribution < 1.29 is 4.79 Å². The van der Waals surface area contributed by atoms with Gasteiger partial charge in [-0.1, -0.05) is 13.8 Å². The number of amides is 1.